The van der Waals surface area contributed by atoms with E-state index in [0.29, 0.717) is 5.76 Å². The maximum atomic E-state index is 12.3. The number of furan rings is 1. The number of likely N-dealkylation sites (tertiary alicyclic amines) is 1. The highest BCUT2D eigenvalue weighted by molar-refractivity contribution is 6.20. The minimum atomic E-state index is -0.717. The summed E-state index contributed by atoms with van der Waals surface area (Å²) >= 11 is 0. The molecular formula is C16H11NO4. The second kappa shape index (κ2) is 4.91. The predicted molar refractivity (Wildman–Crippen MR) is 72.7 cm³/mol. The maximum absolute atomic E-state index is 12.3. The smallest absolute Gasteiger partial charge is 0.234 e. The molecule has 1 fully saturated rings. The zero-order chi connectivity index (χ0) is 15.0. The summed E-state index contributed by atoms with van der Waals surface area (Å²) in [6.45, 7) is 0.131. The Balaban J connectivity index is 1.98. The van der Waals surface area contributed by atoms with Crippen LogP contribution in [0.4, 0.5) is 0 Å². The molecule has 1 amide bonds. The fourth-order valence-corrected chi connectivity index (χ4v) is 2.67. The summed E-state index contributed by atoms with van der Waals surface area (Å²) in [5.41, 5.74) is 0.196. The van der Waals surface area contributed by atoms with Crippen LogP contribution < -0.4 is 0 Å². The number of allylic oxidation sites excluding steroid dienone is 3. The molecule has 1 aromatic rings. The first-order valence-electron chi connectivity index (χ1n) is 6.39. The number of nitrogens with zero attached hydrogens (tertiary/aromatic N) is 1. The molecule has 0 spiro atoms. The van der Waals surface area contributed by atoms with Crippen molar-refractivity contribution < 1.29 is 18.8 Å². The minimum Gasteiger partial charge on any atom is -0.467 e. The molecular weight excluding hydrogens is 270 g/mol. The van der Waals surface area contributed by atoms with Gasteiger partial charge in [-0.15, -0.1) is 6.42 Å². The summed E-state index contributed by atoms with van der Waals surface area (Å²) in [4.78, 5) is 37.2. The molecule has 3 rings (SSSR count). The molecule has 0 aromatic carbocycles. The summed E-state index contributed by atoms with van der Waals surface area (Å²) in [7, 11) is 0. The lowest BCUT2D eigenvalue weighted by molar-refractivity contribution is -0.154. The molecule has 2 heterocycles. The summed E-state index contributed by atoms with van der Waals surface area (Å²) in [6.07, 6.45) is 10.4. The number of ketones is 2. The van der Waals surface area contributed by atoms with Gasteiger partial charge in [0, 0.05) is 5.57 Å². The Morgan fingerprint density at radius 1 is 1.29 bits per heavy atom. The molecule has 1 aliphatic carbocycles. The second-order valence-corrected chi connectivity index (χ2v) is 4.81. The van der Waals surface area contributed by atoms with Crippen molar-refractivity contribution in [3.8, 4) is 12.3 Å². The Bertz CT molecular complexity index is 718. The maximum Gasteiger partial charge on any atom is 0.234 e. The van der Waals surface area contributed by atoms with Crippen molar-refractivity contribution in [2.75, 3.05) is 6.54 Å². The zero-order valence-corrected chi connectivity index (χ0v) is 11.0. The van der Waals surface area contributed by atoms with E-state index in [1.54, 1.807) is 12.1 Å². The van der Waals surface area contributed by atoms with Crippen LogP contribution >= 0.6 is 0 Å². The predicted octanol–water partition coefficient (Wildman–Crippen LogP) is 1.05. The molecule has 0 N–H and O–H groups in total. The Morgan fingerprint density at radius 3 is 2.76 bits per heavy atom. The van der Waals surface area contributed by atoms with Gasteiger partial charge < -0.3 is 9.32 Å². The number of terminal acetylenes is 1. The van der Waals surface area contributed by atoms with Crippen molar-refractivity contribution >= 4 is 17.5 Å². The van der Waals surface area contributed by atoms with E-state index in [9.17, 15) is 14.4 Å². The molecule has 1 saturated heterocycles. The van der Waals surface area contributed by atoms with Gasteiger partial charge in [-0.3, -0.25) is 14.4 Å². The monoisotopic (exact) mass is 281 g/mol. The van der Waals surface area contributed by atoms with E-state index in [1.165, 1.54) is 29.4 Å². The van der Waals surface area contributed by atoms with Crippen LogP contribution in [0.15, 0.2) is 46.6 Å². The van der Waals surface area contributed by atoms with Gasteiger partial charge in [0.2, 0.25) is 5.91 Å². The van der Waals surface area contributed by atoms with Crippen molar-refractivity contribution in [1.82, 2.24) is 4.90 Å². The number of β-lactam (4-membered cyclic amide) rings is 1. The van der Waals surface area contributed by atoms with Crippen molar-refractivity contribution in [3.05, 3.63) is 48.0 Å². The average molecular weight is 281 g/mol. The third-order valence-corrected chi connectivity index (χ3v) is 3.61. The third kappa shape index (κ3) is 2.01. The normalized spacial score (nSPS) is 24.6. The van der Waals surface area contributed by atoms with Gasteiger partial charge in [0.15, 0.2) is 11.6 Å². The fourth-order valence-electron chi connectivity index (χ4n) is 2.67. The van der Waals surface area contributed by atoms with Crippen LogP contribution in [-0.4, -0.2) is 28.9 Å². The molecule has 1 aliphatic heterocycles. The first-order chi connectivity index (χ1) is 10.1. The molecule has 0 unspecified atom stereocenters. The van der Waals surface area contributed by atoms with E-state index < -0.39 is 12.0 Å². The highest BCUT2D eigenvalue weighted by Crippen LogP contribution is 2.44. The zero-order valence-electron chi connectivity index (χ0n) is 11.0. The Labute approximate surface area is 120 Å². The molecule has 5 nitrogen and oxygen atoms in total. The van der Waals surface area contributed by atoms with Crippen molar-refractivity contribution in [2.24, 2.45) is 5.92 Å². The van der Waals surface area contributed by atoms with Crippen LogP contribution in [0.25, 0.3) is 0 Å². The number of hydrogen-bond donors (Lipinski definition) is 0. The third-order valence-electron chi connectivity index (χ3n) is 3.61. The topological polar surface area (TPSA) is 67.6 Å². The van der Waals surface area contributed by atoms with Gasteiger partial charge in [-0.25, -0.2) is 0 Å². The molecule has 5 heteroatoms. The minimum absolute atomic E-state index is 0.131. The summed E-state index contributed by atoms with van der Waals surface area (Å²) in [6, 6.07) is 2.97. The van der Waals surface area contributed by atoms with Crippen LogP contribution in [0, 0.1) is 18.3 Å². The SMILES string of the molecule is C#CCN1C(=O)[C@@H](C2=CC(=O)C=CC2=O)[C@@H]1c1ccco1. The number of carbonyl (C=O) groups excluding carboxylic acids is 3. The first kappa shape index (κ1) is 13.1. The number of rotatable bonds is 3. The van der Waals surface area contributed by atoms with Crippen LogP contribution in [-0.2, 0) is 14.4 Å². The number of carbonyl (C=O) groups is 3. The second-order valence-electron chi connectivity index (χ2n) is 4.81. The number of hydrogen-bond acceptors (Lipinski definition) is 4. The van der Waals surface area contributed by atoms with Crippen molar-refractivity contribution in [2.45, 2.75) is 6.04 Å². The van der Waals surface area contributed by atoms with E-state index in [0.717, 1.165) is 0 Å². The van der Waals surface area contributed by atoms with Gasteiger partial charge in [0.1, 0.15) is 11.8 Å². The standard InChI is InChI=1S/C16H11NO4/c1-2-7-17-15(13-4-3-8-21-13)14(16(17)20)11-9-10(18)5-6-12(11)19/h1,3-6,8-9,14-15H,7H2/t14-,15-/m0/s1. The van der Waals surface area contributed by atoms with E-state index in [2.05, 4.69) is 5.92 Å². The first-order valence-corrected chi connectivity index (χ1v) is 6.39. The summed E-state index contributed by atoms with van der Waals surface area (Å²) < 4.78 is 5.34. The molecule has 2 aliphatic rings. The lowest BCUT2D eigenvalue weighted by Crippen LogP contribution is -2.56. The number of amides is 1. The lowest BCUT2D eigenvalue weighted by atomic mass is 9.76. The van der Waals surface area contributed by atoms with Crippen molar-refractivity contribution in [1.29, 1.82) is 0 Å². The molecule has 2 atom stereocenters. The Morgan fingerprint density at radius 2 is 2.10 bits per heavy atom. The van der Waals surface area contributed by atoms with Crippen molar-refractivity contribution in [3.63, 3.8) is 0 Å². The van der Waals surface area contributed by atoms with Crippen LogP contribution in [0.3, 0.4) is 0 Å². The van der Waals surface area contributed by atoms with Crippen LogP contribution in [0.5, 0.6) is 0 Å². The molecule has 104 valence electrons. The van der Waals surface area contributed by atoms with E-state index in [-0.39, 0.29) is 29.6 Å². The Hall–Kier alpha value is -2.87. The fraction of sp³-hybridized carbons (Fsp3) is 0.188. The molecule has 1 aromatic heterocycles. The summed E-state index contributed by atoms with van der Waals surface area (Å²) in [5.74, 6) is 1.35. The van der Waals surface area contributed by atoms with Gasteiger partial charge in [0.25, 0.3) is 0 Å². The molecule has 0 bridgehead atoms. The molecule has 0 saturated carbocycles. The van der Waals surface area contributed by atoms with E-state index in [1.807, 2.05) is 0 Å². The highest BCUT2D eigenvalue weighted by atomic mass is 16.3. The molecule has 0 radical (unpaired) electrons. The van der Waals surface area contributed by atoms with E-state index >= 15 is 0 Å². The lowest BCUT2D eigenvalue weighted by Gasteiger charge is -2.45. The highest BCUT2D eigenvalue weighted by Gasteiger charge is 2.52. The van der Waals surface area contributed by atoms with Gasteiger partial charge in [0.05, 0.1) is 18.7 Å². The van der Waals surface area contributed by atoms with Crippen LogP contribution in [0.1, 0.15) is 11.8 Å². The van der Waals surface area contributed by atoms with Gasteiger partial charge >= 0.3 is 0 Å². The summed E-state index contributed by atoms with van der Waals surface area (Å²) in [5, 5.41) is 0. The largest absolute Gasteiger partial charge is 0.467 e. The van der Waals surface area contributed by atoms with E-state index in [4.69, 9.17) is 10.8 Å². The van der Waals surface area contributed by atoms with Crippen LogP contribution in [0.2, 0.25) is 0 Å². The molecule has 21 heavy (non-hydrogen) atoms. The quantitative estimate of drug-likeness (QED) is 0.472. The van der Waals surface area contributed by atoms with Gasteiger partial charge in [-0.2, -0.15) is 0 Å². The Kier molecular flexibility index (Phi) is 3.07. The van der Waals surface area contributed by atoms with Gasteiger partial charge in [-0.1, -0.05) is 5.92 Å². The average Bonchev–Trinajstić information content (AvgIpc) is 2.98. The van der Waals surface area contributed by atoms with Gasteiger partial charge in [-0.05, 0) is 30.4 Å².